The number of rotatable bonds is 5. The van der Waals surface area contributed by atoms with Crippen LogP contribution in [0.3, 0.4) is 0 Å². The van der Waals surface area contributed by atoms with Crippen LogP contribution < -0.4 is 14.9 Å². The zero-order valence-corrected chi connectivity index (χ0v) is 18.3. The first-order valence-electron chi connectivity index (χ1n) is 10.7. The molecule has 1 aliphatic heterocycles. The molecular formula is C27H20O7. The quantitative estimate of drug-likeness (QED) is 0.324. The second-order valence-electron chi connectivity index (χ2n) is 7.83. The second-order valence-corrected chi connectivity index (χ2v) is 7.83. The van der Waals surface area contributed by atoms with E-state index in [1.54, 1.807) is 24.3 Å². The maximum atomic E-state index is 13.4. The van der Waals surface area contributed by atoms with Crippen molar-refractivity contribution in [1.29, 1.82) is 0 Å². The zero-order valence-electron chi connectivity index (χ0n) is 18.3. The van der Waals surface area contributed by atoms with Gasteiger partial charge in [-0.25, -0.2) is 4.79 Å². The third kappa shape index (κ3) is 3.81. The molecular weight excluding hydrogens is 436 g/mol. The lowest BCUT2D eigenvalue weighted by atomic mass is 9.84. The molecule has 34 heavy (non-hydrogen) atoms. The van der Waals surface area contributed by atoms with Crippen LogP contribution in [0.25, 0.3) is 22.1 Å². The van der Waals surface area contributed by atoms with Crippen molar-refractivity contribution in [2.45, 2.75) is 12.3 Å². The highest BCUT2D eigenvalue weighted by molar-refractivity contribution is 5.90. The summed E-state index contributed by atoms with van der Waals surface area (Å²) in [6.45, 7) is -0.275. The number of hydrogen-bond donors (Lipinski definition) is 0. The maximum Gasteiger partial charge on any atom is 0.343 e. The third-order valence-electron chi connectivity index (χ3n) is 5.84. The van der Waals surface area contributed by atoms with Gasteiger partial charge in [-0.05, 0) is 23.8 Å². The fourth-order valence-electron chi connectivity index (χ4n) is 4.23. The van der Waals surface area contributed by atoms with Gasteiger partial charge in [0, 0.05) is 17.0 Å². The van der Waals surface area contributed by atoms with Crippen LogP contribution in [-0.4, -0.2) is 25.7 Å². The first-order chi connectivity index (χ1) is 16.6. The molecule has 3 aromatic carbocycles. The van der Waals surface area contributed by atoms with Crippen LogP contribution in [0.15, 0.2) is 82.2 Å². The summed E-state index contributed by atoms with van der Waals surface area (Å²) in [4.78, 5) is 37.4. The van der Waals surface area contributed by atoms with Gasteiger partial charge in [-0.1, -0.05) is 48.5 Å². The van der Waals surface area contributed by atoms with Gasteiger partial charge in [0.05, 0.1) is 24.5 Å². The monoisotopic (exact) mass is 456 g/mol. The van der Waals surface area contributed by atoms with E-state index in [4.69, 9.17) is 13.9 Å². The number of esters is 2. The van der Waals surface area contributed by atoms with E-state index in [2.05, 4.69) is 4.74 Å². The van der Waals surface area contributed by atoms with Gasteiger partial charge in [0.2, 0.25) is 5.43 Å². The van der Waals surface area contributed by atoms with E-state index < -0.39 is 17.9 Å². The van der Waals surface area contributed by atoms with E-state index in [1.807, 2.05) is 42.5 Å². The van der Waals surface area contributed by atoms with Crippen molar-refractivity contribution < 1.29 is 28.2 Å². The molecule has 0 amide bonds. The second kappa shape index (κ2) is 8.86. The average Bonchev–Trinajstić information content (AvgIpc) is 2.87. The Morgan fingerprint density at radius 2 is 1.76 bits per heavy atom. The van der Waals surface area contributed by atoms with Crippen LogP contribution in [-0.2, 0) is 14.3 Å². The molecule has 5 rings (SSSR count). The molecule has 0 radical (unpaired) electrons. The van der Waals surface area contributed by atoms with Gasteiger partial charge in [-0.15, -0.1) is 0 Å². The SMILES string of the molecule is COC(=O)COc1ccccc1[C@H]1CC(=O)Oc2ccc3c(=O)c(-c4ccccc4)coc3c21. The third-order valence-corrected chi connectivity index (χ3v) is 5.84. The molecule has 0 spiro atoms. The minimum atomic E-state index is -0.525. The average molecular weight is 456 g/mol. The smallest absolute Gasteiger partial charge is 0.343 e. The van der Waals surface area contributed by atoms with Crippen LogP contribution in [0.4, 0.5) is 0 Å². The normalized spacial score (nSPS) is 14.9. The fraction of sp³-hybridized carbons (Fsp3) is 0.148. The van der Waals surface area contributed by atoms with Gasteiger partial charge in [-0.2, -0.15) is 0 Å². The maximum absolute atomic E-state index is 13.4. The fourth-order valence-corrected chi connectivity index (χ4v) is 4.23. The van der Waals surface area contributed by atoms with Crippen molar-refractivity contribution in [1.82, 2.24) is 0 Å². The minimum Gasteiger partial charge on any atom is -0.482 e. The van der Waals surface area contributed by atoms with Crippen LogP contribution >= 0.6 is 0 Å². The lowest BCUT2D eigenvalue weighted by Crippen LogP contribution is -2.23. The minimum absolute atomic E-state index is 0.0227. The summed E-state index contributed by atoms with van der Waals surface area (Å²) in [5, 5.41) is 0.385. The highest BCUT2D eigenvalue weighted by atomic mass is 16.6. The standard InChI is InChI=1S/C27H20O7/c1-31-24(29)15-32-21-10-6-5-9-17(21)19-13-23(28)34-22-12-11-18-26(30)20(14-33-27(18)25(19)22)16-7-3-2-4-8-16/h2-12,14,19H,13,15H2,1H3/t19-/m1/s1. The van der Waals surface area contributed by atoms with Gasteiger partial charge >= 0.3 is 11.9 Å². The highest BCUT2D eigenvalue weighted by Gasteiger charge is 2.33. The first kappa shape index (κ1) is 21.5. The van der Waals surface area contributed by atoms with Crippen molar-refractivity contribution in [2.75, 3.05) is 13.7 Å². The number of methoxy groups -OCH3 is 1. The van der Waals surface area contributed by atoms with Crippen molar-refractivity contribution in [3.05, 3.63) is 94.3 Å². The van der Waals surface area contributed by atoms with Gasteiger partial charge in [-0.3, -0.25) is 9.59 Å². The molecule has 1 aliphatic rings. The molecule has 0 saturated carbocycles. The number of fused-ring (bicyclic) bond motifs is 3. The molecule has 2 heterocycles. The first-order valence-corrected chi connectivity index (χ1v) is 10.7. The van der Waals surface area contributed by atoms with Crippen molar-refractivity contribution in [3.8, 4) is 22.6 Å². The van der Waals surface area contributed by atoms with E-state index in [0.717, 1.165) is 5.56 Å². The Labute approximate surface area is 194 Å². The van der Waals surface area contributed by atoms with E-state index >= 15 is 0 Å². The zero-order chi connectivity index (χ0) is 23.7. The van der Waals surface area contributed by atoms with Crippen LogP contribution in [0.2, 0.25) is 0 Å². The largest absolute Gasteiger partial charge is 0.482 e. The molecule has 7 nitrogen and oxygen atoms in total. The Morgan fingerprint density at radius 1 is 1.00 bits per heavy atom. The number of ether oxygens (including phenoxy) is 3. The predicted molar refractivity (Wildman–Crippen MR) is 124 cm³/mol. The van der Waals surface area contributed by atoms with Gasteiger partial charge in [0.15, 0.2) is 6.61 Å². The Bertz CT molecular complexity index is 1450. The van der Waals surface area contributed by atoms with Crippen molar-refractivity contribution >= 4 is 22.9 Å². The number of carbonyl (C=O) groups excluding carboxylic acids is 2. The van der Waals surface area contributed by atoms with E-state index in [0.29, 0.717) is 39.2 Å². The van der Waals surface area contributed by atoms with Gasteiger partial charge in [0.1, 0.15) is 23.3 Å². The molecule has 0 saturated heterocycles. The lowest BCUT2D eigenvalue weighted by Gasteiger charge is -2.26. The molecule has 4 aromatic rings. The summed E-state index contributed by atoms with van der Waals surface area (Å²) in [7, 11) is 1.28. The van der Waals surface area contributed by atoms with E-state index in [-0.39, 0.29) is 18.5 Å². The number of hydrogen-bond acceptors (Lipinski definition) is 7. The van der Waals surface area contributed by atoms with Crippen LogP contribution in [0, 0.1) is 0 Å². The molecule has 7 heteroatoms. The summed E-state index contributed by atoms with van der Waals surface area (Å²) in [5.74, 6) is -0.684. The van der Waals surface area contributed by atoms with Gasteiger partial charge in [0.25, 0.3) is 0 Å². The van der Waals surface area contributed by atoms with E-state index in [1.165, 1.54) is 13.4 Å². The number of para-hydroxylation sites is 1. The number of carbonyl (C=O) groups is 2. The summed E-state index contributed by atoms with van der Waals surface area (Å²) < 4.78 is 21.8. The number of benzene rings is 3. The highest BCUT2D eigenvalue weighted by Crippen LogP contribution is 2.45. The summed E-state index contributed by atoms with van der Waals surface area (Å²) in [5.41, 5.74) is 2.62. The molecule has 0 aliphatic carbocycles. The van der Waals surface area contributed by atoms with Crippen molar-refractivity contribution in [3.63, 3.8) is 0 Å². The van der Waals surface area contributed by atoms with E-state index in [9.17, 15) is 14.4 Å². The summed E-state index contributed by atoms with van der Waals surface area (Å²) in [6.07, 6.45) is 1.46. The van der Waals surface area contributed by atoms with Crippen LogP contribution in [0.1, 0.15) is 23.5 Å². The Hall–Kier alpha value is -4.39. The Balaban J connectivity index is 1.67. The molecule has 1 aromatic heterocycles. The van der Waals surface area contributed by atoms with Gasteiger partial charge < -0.3 is 18.6 Å². The topological polar surface area (TPSA) is 92.0 Å². The molecule has 170 valence electrons. The summed E-state index contributed by atoms with van der Waals surface area (Å²) in [6, 6.07) is 19.6. The molecule has 0 fully saturated rings. The molecule has 1 atom stereocenters. The summed E-state index contributed by atoms with van der Waals surface area (Å²) >= 11 is 0. The lowest BCUT2D eigenvalue weighted by molar-refractivity contribution is -0.143. The Kier molecular flexibility index (Phi) is 5.59. The molecule has 0 N–H and O–H groups in total. The van der Waals surface area contributed by atoms with Crippen LogP contribution in [0.5, 0.6) is 11.5 Å². The predicted octanol–water partition coefficient (Wildman–Crippen LogP) is 4.45. The molecule has 0 bridgehead atoms. The van der Waals surface area contributed by atoms with Crippen molar-refractivity contribution in [2.24, 2.45) is 0 Å². The Morgan fingerprint density at radius 3 is 2.56 bits per heavy atom. The molecule has 0 unspecified atom stereocenters.